The van der Waals surface area contributed by atoms with E-state index in [4.69, 9.17) is 14.0 Å². The smallest absolute Gasteiger partial charge is 0.484 e. The van der Waals surface area contributed by atoms with Crippen LogP contribution in [0, 0.1) is 0 Å². The molecule has 1 N–H and O–H groups in total. The van der Waals surface area contributed by atoms with Gasteiger partial charge in [0.1, 0.15) is 5.75 Å². The Morgan fingerprint density at radius 2 is 1.68 bits per heavy atom. The number of ether oxygens (including phenoxy) is 1. The van der Waals surface area contributed by atoms with E-state index in [2.05, 4.69) is 5.32 Å². The average Bonchev–Trinajstić information content (AvgIpc) is 2.77. The van der Waals surface area contributed by atoms with Crippen molar-refractivity contribution < 1.29 is 32.0 Å². The van der Waals surface area contributed by atoms with Crippen molar-refractivity contribution in [1.29, 1.82) is 0 Å². The van der Waals surface area contributed by atoms with Gasteiger partial charge in [0.05, 0.1) is 11.2 Å². The number of hydrogen-bond acceptors (Lipinski definition) is 4. The molecule has 1 fully saturated rings. The third-order valence-corrected chi connectivity index (χ3v) is 4.73. The molecular formula is C19H25BF3NO4. The van der Waals surface area contributed by atoms with E-state index in [-0.39, 0.29) is 18.2 Å². The maximum Gasteiger partial charge on any atom is 0.492 e. The van der Waals surface area contributed by atoms with Crippen LogP contribution in [-0.2, 0) is 14.1 Å². The molecule has 0 unspecified atom stereocenters. The standard InChI is InChI=1S/C19H25BF3NO4/c1-13(25)24-11-15(20-27-17(2,3)18(4,5)28-20)10-14-6-8-16(9-7-14)26-12-19(21,22)23/h6-10H,11-12H2,1-5H3,(H,24,25). The van der Waals surface area contributed by atoms with Crippen LogP contribution in [0.25, 0.3) is 6.08 Å². The highest BCUT2D eigenvalue weighted by Gasteiger charge is 2.52. The lowest BCUT2D eigenvalue weighted by Gasteiger charge is -2.32. The van der Waals surface area contributed by atoms with Gasteiger partial charge in [-0.25, -0.2) is 0 Å². The minimum atomic E-state index is -4.39. The van der Waals surface area contributed by atoms with Crippen molar-refractivity contribution >= 4 is 19.1 Å². The van der Waals surface area contributed by atoms with Gasteiger partial charge >= 0.3 is 13.3 Å². The van der Waals surface area contributed by atoms with Crippen molar-refractivity contribution in [1.82, 2.24) is 5.32 Å². The first-order chi connectivity index (χ1) is 12.8. The van der Waals surface area contributed by atoms with Crippen molar-refractivity contribution in [2.45, 2.75) is 52.0 Å². The zero-order valence-corrected chi connectivity index (χ0v) is 16.6. The van der Waals surface area contributed by atoms with Crippen molar-refractivity contribution in [2.24, 2.45) is 0 Å². The molecule has 5 nitrogen and oxygen atoms in total. The first-order valence-corrected chi connectivity index (χ1v) is 8.89. The number of halogens is 3. The van der Waals surface area contributed by atoms with Gasteiger partial charge in [-0.2, -0.15) is 13.2 Å². The van der Waals surface area contributed by atoms with E-state index in [1.807, 2.05) is 27.7 Å². The van der Waals surface area contributed by atoms with Gasteiger partial charge < -0.3 is 19.4 Å². The zero-order valence-electron chi connectivity index (χ0n) is 16.6. The van der Waals surface area contributed by atoms with E-state index in [1.165, 1.54) is 19.1 Å². The predicted octanol–water partition coefficient (Wildman–Crippen LogP) is 3.78. The lowest BCUT2D eigenvalue weighted by Crippen LogP contribution is -2.41. The van der Waals surface area contributed by atoms with E-state index in [9.17, 15) is 18.0 Å². The molecule has 0 aromatic heterocycles. The lowest BCUT2D eigenvalue weighted by atomic mass is 9.77. The van der Waals surface area contributed by atoms with Gasteiger partial charge in [-0.05, 0) is 50.9 Å². The Morgan fingerprint density at radius 1 is 1.14 bits per heavy atom. The van der Waals surface area contributed by atoms with Crippen molar-refractivity contribution in [3.05, 3.63) is 35.3 Å². The van der Waals surface area contributed by atoms with Gasteiger partial charge in [0.25, 0.3) is 0 Å². The fourth-order valence-corrected chi connectivity index (χ4v) is 2.46. The molecule has 0 spiro atoms. The highest BCUT2D eigenvalue weighted by Crippen LogP contribution is 2.38. The molecule has 0 bridgehead atoms. The molecule has 0 atom stereocenters. The lowest BCUT2D eigenvalue weighted by molar-refractivity contribution is -0.153. The highest BCUT2D eigenvalue weighted by atomic mass is 19.4. The Morgan fingerprint density at radius 3 is 2.14 bits per heavy atom. The SMILES string of the molecule is CC(=O)NCC(=Cc1ccc(OCC(F)(F)F)cc1)B1OC(C)(C)C(C)(C)O1. The first kappa shape index (κ1) is 22.3. The number of rotatable bonds is 6. The monoisotopic (exact) mass is 399 g/mol. The number of carbonyl (C=O) groups excluding carboxylic acids is 1. The second-order valence-electron chi connectivity index (χ2n) is 7.69. The van der Waals surface area contributed by atoms with Crippen LogP contribution in [0.3, 0.4) is 0 Å². The fraction of sp³-hybridized carbons (Fsp3) is 0.526. The largest absolute Gasteiger partial charge is 0.492 e. The number of hydrogen-bond donors (Lipinski definition) is 1. The Balaban J connectivity index is 2.19. The molecule has 0 radical (unpaired) electrons. The molecule has 154 valence electrons. The number of nitrogens with one attached hydrogen (secondary N) is 1. The third-order valence-electron chi connectivity index (χ3n) is 4.73. The summed E-state index contributed by atoms with van der Waals surface area (Å²) in [5.41, 5.74) is 0.331. The van der Waals surface area contributed by atoms with Crippen LogP contribution in [0.15, 0.2) is 29.7 Å². The Bertz CT molecular complexity index is 714. The minimum Gasteiger partial charge on any atom is -0.484 e. The van der Waals surface area contributed by atoms with Gasteiger partial charge in [-0.1, -0.05) is 18.2 Å². The van der Waals surface area contributed by atoms with Crippen LogP contribution in [0.5, 0.6) is 5.75 Å². The molecule has 0 aliphatic carbocycles. The van der Waals surface area contributed by atoms with Gasteiger partial charge in [0.15, 0.2) is 6.61 Å². The van der Waals surface area contributed by atoms with Gasteiger partial charge in [-0.15, -0.1) is 0 Å². The van der Waals surface area contributed by atoms with Gasteiger partial charge in [-0.3, -0.25) is 4.79 Å². The van der Waals surface area contributed by atoms with Crippen molar-refractivity contribution in [2.75, 3.05) is 13.2 Å². The van der Waals surface area contributed by atoms with E-state index in [0.717, 1.165) is 5.56 Å². The fourth-order valence-electron chi connectivity index (χ4n) is 2.46. The zero-order chi connectivity index (χ0) is 21.2. The maximum atomic E-state index is 12.2. The van der Waals surface area contributed by atoms with E-state index in [1.54, 1.807) is 18.2 Å². The summed E-state index contributed by atoms with van der Waals surface area (Å²) in [5.74, 6) is -0.0770. The van der Waals surface area contributed by atoms with Gasteiger partial charge in [0.2, 0.25) is 5.91 Å². The summed E-state index contributed by atoms with van der Waals surface area (Å²) >= 11 is 0. The summed E-state index contributed by atoms with van der Waals surface area (Å²) in [6, 6.07) is 6.17. The van der Waals surface area contributed by atoms with Crippen molar-refractivity contribution in [3.8, 4) is 5.75 Å². The van der Waals surface area contributed by atoms with Crippen molar-refractivity contribution in [3.63, 3.8) is 0 Å². The molecule has 1 aromatic carbocycles. The molecule has 1 aliphatic rings. The molecule has 28 heavy (non-hydrogen) atoms. The number of benzene rings is 1. The second-order valence-corrected chi connectivity index (χ2v) is 7.69. The summed E-state index contributed by atoms with van der Waals surface area (Å²) < 4.78 is 53.5. The summed E-state index contributed by atoms with van der Waals surface area (Å²) in [6.45, 7) is 7.99. The summed E-state index contributed by atoms with van der Waals surface area (Å²) in [7, 11) is -0.655. The molecule has 1 heterocycles. The van der Waals surface area contributed by atoms with E-state index >= 15 is 0 Å². The molecule has 0 saturated carbocycles. The number of alkyl halides is 3. The third kappa shape index (κ3) is 6.00. The Labute approximate surface area is 163 Å². The number of carbonyl (C=O) groups is 1. The maximum absolute atomic E-state index is 12.2. The van der Waals surface area contributed by atoms with Crippen LogP contribution in [-0.4, -0.2) is 43.6 Å². The van der Waals surface area contributed by atoms with Crippen LogP contribution < -0.4 is 10.1 Å². The molecule has 1 aromatic rings. The number of amides is 1. The van der Waals surface area contributed by atoms with Crippen LogP contribution in [0.2, 0.25) is 0 Å². The quantitative estimate of drug-likeness (QED) is 0.740. The highest BCUT2D eigenvalue weighted by molar-refractivity contribution is 6.56. The van der Waals surface area contributed by atoms with Crippen LogP contribution in [0.1, 0.15) is 40.2 Å². The Kier molecular flexibility index (Phi) is 6.50. The molecule has 1 amide bonds. The minimum absolute atomic E-state index is 0.119. The molecule has 1 saturated heterocycles. The summed E-state index contributed by atoms with van der Waals surface area (Å²) in [4.78, 5) is 11.3. The average molecular weight is 399 g/mol. The topological polar surface area (TPSA) is 56.8 Å². The normalized spacial score (nSPS) is 18.9. The molecule has 9 heteroatoms. The van der Waals surface area contributed by atoms with Gasteiger partial charge in [0, 0.05) is 13.5 Å². The molecular weight excluding hydrogens is 374 g/mol. The Hall–Kier alpha value is -2.00. The summed E-state index contributed by atoms with van der Waals surface area (Å²) in [5, 5.41) is 2.73. The molecule has 2 rings (SSSR count). The van der Waals surface area contributed by atoms with E-state index in [0.29, 0.717) is 5.47 Å². The van der Waals surface area contributed by atoms with Crippen LogP contribution >= 0.6 is 0 Å². The summed E-state index contributed by atoms with van der Waals surface area (Å²) in [6.07, 6.45) is -2.60. The van der Waals surface area contributed by atoms with Crippen LogP contribution in [0.4, 0.5) is 13.2 Å². The first-order valence-electron chi connectivity index (χ1n) is 8.89. The second kappa shape index (κ2) is 8.17. The predicted molar refractivity (Wildman–Crippen MR) is 101 cm³/mol. The van der Waals surface area contributed by atoms with E-state index < -0.39 is 31.1 Å². The molecule has 1 aliphatic heterocycles.